The Hall–Kier alpha value is -2.98. The number of nitrogens with zero attached hydrogens (tertiary/aromatic N) is 4. The maximum Gasteiger partial charge on any atom is 0.433 e. The molecule has 0 fully saturated rings. The van der Waals surface area contributed by atoms with Crippen LogP contribution in [0.1, 0.15) is 16.1 Å². The predicted molar refractivity (Wildman–Crippen MR) is 60.0 cm³/mol. The van der Waals surface area contributed by atoms with Crippen LogP contribution in [0.15, 0.2) is 24.7 Å². The van der Waals surface area contributed by atoms with E-state index in [9.17, 15) is 28.1 Å². The molecule has 1 N–H and O–H groups in total. The van der Waals surface area contributed by atoms with Gasteiger partial charge in [0.05, 0.1) is 0 Å². The molecular weight excluding hydrogens is 297 g/mol. The number of aromatic nitrogens is 3. The van der Waals surface area contributed by atoms with Gasteiger partial charge in [-0.2, -0.15) is 13.2 Å². The summed E-state index contributed by atoms with van der Waals surface area (Å²) in [5.74, 6) is -2.79. The molecule has 0 saturated heterocycles. The summed E-state index contributed by atoms with van der Waals surface area (Å²) in [6, 6.07) is 1.23. The van der Waals surface area contributed by atoms with Crippen molar-refractivity contribution in [2.75, 3.05) is 0 Å². The third-order valence-electron chi connectivity index (χ3n) is 2.40. The van der Waals surface area contributed by atoms with E-state index in [4.69, 9.17) is 5.11 Å². The Balaban J connectivity index is 2.62. The van der Waals surface area contributed by atoms with Crippen molar-refractivity contribution < 1.29 is 28.0 Å². The van der Waals surface area contributed by atoms with E-state index < -0.39 is 40.0 Å². The van der Waals surface area contributed by atoms with E-state index in [-0.39, 0.29) is 0 Å². The highest BCUT2D eigenvalue weighted by atomic mass is 19.4. The zero-order chi connectivity index (χ0) is 15.8. The zero-order valence-electron chi connectivity index (χ0n) is 9.90. The van der Waals surface area contributed by atoms with Crippen molar-refractivity contribution >= 4 is 11.8 Å². The number of halogens is 3. The van der Waals surface area contributed by atoms with Crippen LogP contribution in [0.25, 0.3) is 5.82 Å². The molecule has 0 radical (unpaired) electrons. The standard InChI is InChI=1S/C10H5F3N4O4/c11-10(12,13)6-2-1-5(9(18)19)8(15-6)16-3-7(14-4-16)17(20)21/h1-4H,(H,18,19). The van der Waals surface area contributed by atoms with Gasteiger partial charge in [-0.25, -0.2) is 9.78 Å². The van der Waals surface area contributed by atoms with Crippen LogP contribution >= 0.6 is 0 Å². The Bertz CT molecular complexity index is 725. The first-order valence-electron chi connectivity index (χ1n) is 5.20. The second-order valence-corrected chi connectivity index (χ2v) is 3.77. The van der Waals surface area contributed by atoms with Crippen molar-refractivity contribution in [3.63, 3.8) is 0 Å². The van der Waals surface area contributed by atoms with Crippen LogP contribution in [0.3, 0.4) is 0 Å². The third kappa shape index (κ3) is 2.80. The van der Waals surface area contributed by atoms with Crippen LogP contribution in [0.4, 0.5) is 19.0 Å². The van der Waals surface area contributed by atoms with Gasteiger partial charge in [0.2, 0.25) is 6.33 Å². The molecule has 2 rings (SSSR count). The van der Waals surface area contributed by atoms with E-state index in [2.05, 4.69) is 9.97 Å². The molecular formula is C10H5F3N4O4. The van der Waals surface area contributed by atoms with Crippen LogP contribution in [-0.4, -0.2) is 30.5 Å². The minimum Gasteiger partial charge on any atom is -0.478 e. The van der Waals surface area contributed by atoms with Gasteiger partial charge in [-0.1, -0.05) is 0 Å². The van der Waals surface area contributed by atoms with Gasteiger partial charge in [0.15, 0.2) is 5.82 Å². The van der Waals surface area contributed by atoms with Gasteiger partial charge in [-0.3, -0.25) is 4.57 Å². The number of carboxylic acids is 1. The first-order chi connectivity index (χ1) is 9.70. The maximum atomic E-state index is 12.6. The van der Waals surface area contributed by atoms with Gasteiger partial charge < -0.3 is 15.2 Å². The van der Waals surface area contributed by atoms with Crippen molar-refractivity contribution in [1.29, 1.82) is 0 Å². The van der Waals surface area contributed by atoms with Crippen molar-refractivity contribution in [3.8, 4) is 5.82 Å². The molecule has 11 heteroatoms. The van der Waals surface area contributed by atoms with Crippen molar-refractivity contribution in [1.82, 2.24) is 14.5 Å². The van der Waals surface area contributed by atoms with E-state index >= 15 is 0 Å². The topological polar surface area (TPSA) is 111 Å². The smallest absolute Gasteiger partial charge is 0.433 e. The number of rotatable bonds is 3. The molecule has 0 aliphatic heterocycles. The highest BCUT2D eigenvalue weighted by Gasteiger charge is 2.34. The highest BCUT2D eigenvalue weighted by Crippen LogP contribution is 2.29. The highest BCUT2D eigenvalue weighted by molar-refractivity contribution is 5.91. The van der Waals surface area contributed by atoms with E-state index in [1.807, 2.05) is 0 Å². The molecule has 0 amide bonds. The fourth-order valence-corrected chi connectivity index (χ4v) is 1.49. The Kier molecular flexibility index (Phi) is 3.33. The first kappa shape index (κ1) is 14.4. The summed E-state index contributed by atoms with van der Waals surface area (Å²) in [5.41, 5.74) is -1.87. The van der Waals surface area contributed by atoms with E-state index in [1.165, 1.54) is 0 Å². The minimum atomic E-state index is -4.78. The quantitative estimate of drug-likeness (QED) is 0.684. The monoisotopic (exact) mass is 302 g/mol. The van der Waals surface area contributed by atoms with Crippen LogP contribution in [0.2, 0.25) is 0 Å². The third-order valence-corrected chi connectivity index (χ3v) is 2.40. The first-order valence-corrected chi connectivity index (χ1v) is 5.20. The molecule has 0 atom stereocenters. The summed E-state index contributed by atoms with van der Waals surface area (Å²) in [4.78, 5) is 27.2. The number of alkyl halides is 3. The Morgan fingerprint density at radius 3 is 2.52 bits per heavy atom. The summed E-state index contributed by atoms with van der Waals surface area (Å²) < 4.78 is 38.6. The van der Waals surface area contributed by atoms with Gasteiger partial charge >= 0.3 is 18.0 Å². The normalized spacial score (nSPS) is 11.4. The molecule has 0 aliphatic carbocycles. The molecule has 0 saturated carbocycles. The Labute approximate surface area is 113 Å². The van der Waals surface area contributed by atoms with E-state index in [0.29, 0.717) is 6.07 Å². The van der Waals surface area contributed by atoms with Gasteiger partial charge in [0.1, 0.15) is 17.5 Å². The summed E-state index contributed by atoms with van der Waals surface area (Å²) >= 11 is 0. The molecule has 2 aromatic rings. The van der Waals surface area contributed by atoms with Crippen LogP contribution in [0, 0.1) is 10.1 Å². The number of hydrogen-bond donors (Lipinski definition) is 1. The molecule has 8 nitrogen and oxygen atoms in total. The summed E-state index contributed by atoms with van der Waals surface area (Å²) in [7, 11) is 0. The number of carbonyl (C=O) groups is 1. The number of aromatic carboxylic acids is 1. The molecule has 0 bridgehead atoms. The molecule has 2 heterocycles. The number of pyridine rings is 1. The molecule has 0 aliphatic rings. The lowest BCUT2D eigenvalue weighted by atomic mass is 10.2. The molecule has 0 aromatic carbocycles. The summed E-state index contributed by atoms with van der Waals surface area (Å²) in [6.07, 6.45) is -3.19. The average molecular weight is 302 g/mol. The SMILES string of the molecule is O=C(O)c1ccc(C(F)(F)F)nc1-n1cnc([N+](=O)[O-])c1. The predicted octanol–water partition coefficient (Wildman–Crippen LogP) is 1.89. The van der Waals surface area contributed by atoms with Crippen LogP contribution in [-0.2, 0) is 6.18 Å². The fourth-order valence-electron chi connectivity index (χ4n) is 1.49. The van der Waals surface area contributed by atoms with Gasteiger partial charge in [0, 0.05) is 0 Å². The van der Waals surface area contributed by atoms with Gasteiger partial charge in [-0.15, -0.1) is 0 Å². The van der Waals surface area contributed by atoms with Crippen molar-refractivity contribution in [2.24, 2.45) is 0 Å². The number of nitro groups is 1. The second kappa shape index (κ2) is 4.85. The van der Waals surface area contributed by atoms with E-state index in [0.717, 1.165) is 23.2 Å². The second-order valence-electron chi connectivity index (χ2n) is 3.77. The maximum absolute atomic E-state index is 12.6. The number of hydrogen-bond acceptors (Lipinski definition) is 5. The summed E-state index contributed by atoms with van der Waals surface area (Å²) in [6.45, 7) is 0. The largest absolute Gasteiger partial charge is 0.478 e. The van der Waals surface area contributed by atoms with Crippen molar-refractivity contribution in [3.05, 3.63) is 46.0 Å². The lowest BCUT2D eigenvalue weighted by Gasteiger charge is -2.09. The number of carboxylic acid groups (broad SMARTS) is 1. The summed E-state index contributed by atoms with van der Waals surface area (Å²) in [5, 5.41) is 19.5. The molecule has 0 unspecified atom stereocenters. The van der Waals surface area contributed by atoms with E-state index in [1.54, 1.807) is 0 Å². The zero-order valence-corrected chi connectivity index (χ0v) is 9.90. The molecule has 21 heavy (non-hydrogen) atoms. The number of imidazole rings is 1. The van der Waals surface area contributed by atoms with Gasteiger partial charge in [0.25, 0.3) is 0 Å². The minimum absolute atomic E-state index is 0.512. The Morgan fingerprint density at radius 1 is 1.38 bits per heavy atom. The molecule has 0 spiro atoms. The van der Waals surface area contributed by atoms with Crippen LogP contribution < -0.4 is 0 Å². The fraction of sp³-hybridized carbons (Fsp3) is 0.100. The van der Waals surface area contributed by atoms with Crippen molar-refractivity contribution in [2.45, 2.75) is 6.18 Å². The molecule has 110 valence electrons. The van der Waals surface area contributed by atoms with Crippen LogP contribution in [0.5, 0.6) is 0 Å². The average Bonchev–Trinajstić information content (AvgIpc) is 2.86. The lowest BCUT2D eigenvalue weighted by Crippen LogP contribution is -2.14. The lowest BCUT2D eigenvalue weighted by molar-refractivity contribution is -0.389. The Morgan fingerprint density at radius 2 is 2.05 bits per heavy atom. The van der Waals surface area contributed by atoms with Gasteiger partial charge in [-0.05, 0) is 22.0 Å². The molecule has 2 aromatic heterocycles.